The first-order chi connectivity index (χ1) is 13.0. The number of nitrogens with one attached hydrogen (secondary N) is 2. The smallest absolute Gasteiger partial charge is 0.306 e. The van der Waals surface area contributed by atoms with E-state index in [9.17, 15) is 14.5 Å². The van der Waals surface area contributed by atoms with E-state index in [1.807, 2.05) is 6.07 Å². The molecule has 1 aromatic carbocycles. The standard InChI is InChI=1S/C18H23FN6O2/c1-3-4-13-10-17(24-8-7-20-11-12(24)2)23-18(21-13)22-14-5-6-15(19)16(9-14)25(26)27/h5-6,9-10,12,20H,3-4,7-8,11H2,1-2H3,(H,21,22,23)/t12-/m1/s1. The summed E-state index contributed by atoms with van der Waals surface area (Å²) < 4.78 is 13.6. The predicted molar refractivity (Wildman–Crippen MR) is 102 cm³/mol. The number of piperazine rings is 1. The number of halogens is 1. The molecule has 27 heavy (non-hydrogen) atoms. The van der Waals surface area contributed by atoms with Crippen molar-refractivity contribution in [2.45, 2.75) is 32.7 Å². The van der Waals surface area contributed by atoms with E-state index < -0.39 is 16.4 Å². The molecule has 1 saturated heterocycles. The summed E-state index contributed by atoms with van der Waals surface area (Å²) in [4.78, 5) is 21.5. The molecule has 0 aliphatic carbocycles. The van der Waals surface area contributed by atoms with Crippen LogP contribution in [-0.2, 0) is 6.42 Å². The molecule has 2 aromatic rings. The van der Waals surface area contributed by atoms with Gasteiger partial charge in [-0.15, -0.1) is 0 Å². The van der Waals surface area contributed by atoms with Crippen LogP contribution in [0, 0.1) is 15.9 Å². The first-order valence-electron chi connectivity index (χ1n) is 9.04. The minimum Gasteiger partial charge on any atom is -0.351 e. The molecular formula is C18H23FN6O2. The zero-order valence-corrected chi connectivity index (χ0v) is 15.4. The Morgan fingerprint density at radius 1 is 1.41 bits per heavy atom. The summed E-state index contributed by atoms with van der Waals surface area (Å²) >= 11 is 0. The molecule has 0 radical (unpaired) electrons. The van der Waals surface area contributed by atoms with E-state index >= 15 is 0 Å². The fourth-order valence-corrected chi connectivity index (χ4v) is 3.11. The second-order valence-electron chi connectivity index (χ2n) is 6.59. The highest BCUT2D eigenvalue weighted by Gasteiger charge is 2.21. The van der Waals surface area contributed by atoms with Gasteiger partial charge in [-0.3, -0.25) is 10.1 Å². The number of aromatic nitrogens is 2. The maximum atomic E-state index is 13.6. The lowest BCUT2D eigenvalue weighted by Crippen LogP contribution is -2.50. The van der Waals surface area contributed by atoms with Gasteiger partial charge in [0.1, 0.15) is 5.82 Å². The van der Waals surface area contributed by atoms with Crippen LogP contribution >= 0.6 is 0 Å². The number of anilines is 3. The van der Waals surface area contributed by atoms with Crippen molar-refractivity contribution in [3.8, 4) is 0 Å². The fraction of sp³-hybridized carbons (Fsp3) is 0.444. The van der Waals surface area contributed by atoms with Crippen molar-refractivity contribution in [1.29, 1.82) is 0 Å². The third-order valence-electron chi connectivity index (χ3n) is 4.47. The zero-order chi connectivity index (χ0) is 19.4. The molecule has 144 valence electrons. The molecule has 8 nitrogen and oxygen atoms in total. The van der Waals surface area contributed by atoms with Gasteiger partial charge in [0.15, 0.2) is 0 Å². The average Bonchev–Trinajstić information content (AvgIpc) is 2.63. The summed E-state index contributed by atoms with van der Waals surface area (Å²) in [6.07, 6.45) is 1.74. The molecule has 1 aromatic heterocycles. The highest BCUT2D eigenvalue weighted by atomic mass is 19.1. The highest BCUT2D eigenvalue weighted by Crippen LogP contribution is 2.25. The summed E-state index contributed by atoms with van der Waals surface area (Å²) in [7, 11) is 0. The molecule has 1 aliphatic heterocycles. The summed E-state index contributed by atoms with van der Waals surface area (Å²) in [5.41, 5.74) is 0.684. The van der Waals surface area contributed by atoms with Crippen LogP contribution in [0.25, 0.3) is 0 Å². The largest absolute Gasteiger partial charge is 0.351 e. The van der Waals surface area contributed by atoms with Crippen molar-refractivity contribution >= 4 is 23.1 Å². The van der Waals surface area contributed by atoms with Crippen molar-refractivity contribution in [3.63, 3.8) is 0 Å². The van der Waals surface area contributed by atoms with Crippen LogP contribution in [0.2, 0.25) is 0 Å². The number of hydrogen-bond donors (Lipinski definition) is 2. The number of aryl methyl sites for hydroxylation is 1. The number of nitro benzene ring substituents is 1. The Morgan fingerprint density at radius 2 is 2.22 bits per heavy atom. The fourth-order valence-electron chi connectivity index (χ4n) is 3.11. The molecule has 2 heterocycles. The lowest BCUT2D eigenvalue weighted by molar-refractivity contribution is -0.387. The summed E-state index contributed by atoms with van der Waals surface area (Å²) in [6.45, 7) is 6.80. The lowest BCUT2D eigenvalue weighted by atomic mass is 10.2. The first kappa shape index (κ1) is 19.0. The van der Waals surface area contributed by atoms with Crippen molar-refractivity contribution in [1.82, 2.24) is 15.3 Å². The lowest BCUT2D eigenvalue weighted by Gasteiger charge is -2.35. The Labute approximate surface area is 157 Å². The second kappa shape index (κ2) is 8.26. The molecule has 0 amide bonds. The summed E-state index contributed by atoms with van der Waals surface area (Å²) in [5, 5.41) is 17.3. The second-order valence-corrected chi connectivity index (χ2v) is 6.59. The quantitative estimate of drug-likeness (QED) is 0.593. The molecule has 0 bridgehead atoms. The van der Waals surface area contributed by atoms with E-state index in [1.165, 1.54) is 6.07 Å². The van der Waals surface area contributed by atoms with Gasteiger partial charge in [-0.05, 0) is 25.5 Å². The number of benzene rings is 1. The van der Waals surface area contributed by atoms with Crippen LogP contribution in [0.3, 0.4) is 0 Å². The van der Waals surface area contributed by atoms with E-state index in [-0.39, 0.29) is 0 Å². The topological polar surface area (TPSA) is 96.2 Å². The molecule has 1 aliphatic rings. The first-order valence-corrected chi connectivity index (χ1v) is 9.04. The van der Waals surface area contributed by atoms with E-state index in [1.54, 1.807) is 0 Å². The summed E-state index contributed by atoms with van der Waals surface area (Å²) in [6, 6.07) is 5.94. The van der Waals surface area contributed by atoms with Gasteiger partial charge in [-0.1, -0.05) is 13.3 Å². The van der Waals surface area contributed by atoms with Crippen molar-refractivity contribution in [3.05, 3.63) is 45.9 Å². The molecule has 0 spiro atoms. The Bertz CT molecular complexity index is 831. The SMILES string of the molecule is CCCc1cc(N2CCNC[C@H]2C)nc(Nc2ccc(F)c([N+](=O)[O-])c2)n1. The molecular weight excluding hydrogens is 351 g/mol. The molecule has 9 heteroatoms. The van der Waals surface area contributed by atoms with Gasteiger partial charge < -0.3 is 15.5 Å². The zero-order valence-electron chi connectivity index (χ0n) is 15.4. The van der Waals surface area contributed by atoms with Crippen LogP contribution in [0.1, 0.15) is 26.0 Å². The summed E-state index contributed by atoms with van der Waals surface area (Å²) in [5.74, 6) is 0.297. The van der Waals surface area contributed by atoms with Crippen molar-refractivity contribution < 1.29 is 9.31 Å². The molecule has 0 unspecified atom stereocenters. The molecule has 1 fully saturated rings. The Hall–Kier alpha value is -2.81. The third-order valence-corrected chi connectivity index (χ3v) is 4.47. The van der Waals surface area contributed by atoms with Crippen molar-refractivity contribution in [2.24, 2.45) is 0 Å². The number of hydrogen-bond acceptors (Lipinski definition) is 7. The van der Waals surface area contributed by atoms with Gasteiger partial charge in [0.05, 0.1) is 4.92 Å². The van der Waals surface area contributed by atoms with Gasteiger partial charge in [0.2, 0.25) is 11.8 Å². The highest BCUT2D eigenvalue weighted by molar-refractivity contribution is 5.59. The average molecular weight is 374 g/mol. The third kappa shape index (κ3) is 4.48. The van der Waals surface area contributed by atoms with Crippen molar-refractivity contribution in [2.75, 3.05) is 29.9 Å². The minimum atomic E-state index is -0.874. The van der Waals surface area contributed by atoms with Gasteiger partial charge >= 0.3 is 5.69 Å². The van der Waals surface area contributed by atoms with Crippen LogP contribution in [0.5, 0.6) is 0 Å². The maximum Gasteiger partial charge on any atom is 0.306 e. The molecule has 1 atom stereocenters. The monoisotopic (exact) mass is 374 g/mol. The van der Waals surface area contributed by atoms with Crippen LogP contribution in [0.15, 0.2) is 24.3 Å². The normalized spacial score (nSPS) is 17.0. The maximum absolute atomic E-state index is 13.6. The van der Waals surface area contributed by atoms with Gasteiger partial charge in [-0.25, -0.2) is 4.98 Å². The van der Waals surface area contributed by atoms with E-state index in [4.69, 9.17) is 0 Å². The predicted octanol–water partition coefficient (Wildman–Crippen LogP) is 3.02. The molecule has 3 rings (SSSR count). The van der Waals surface area contributed by atoms with E-state index in [2.05, 4.69) is 39.3 Å². The Balaban J connectivity index is 1.92. The Kier molecular flexibility index (Phi) is 5.80. The van der Waals surface area contributed by atoms with Gasteiger partial charge in [0.25, 0.3) is 0 Å². The number of nitrogens with zero attached hydrogens (tertiary/aromatic N) is 4. The van der Waals surface area contributed by atoms with E-state index in [0.29, 0.717) is 17.7 Å². The van der Waals surface area contributed by atoms with Crippen LogP contribution < -0.4 is 15.5 Å². The molecule has 0 saturated carbocycles. The molecule has 2 N–H and O–H groups in total. The van der Waals surface area contributed by atoms with E-state index in [0.717, 1.165) is 56.1 Å². The van der Waals surface area contributed by atoms with Gasteiger partial charge in [0, 0.05) is 49.2 Å². The number of rotatable bonds is 6. The van der Waals surface area contributed by atoms with Crippen LogP contribution in [-0.4, -0.2) is 40.6 Å². The van der Waals surface area contributed by atoms with Crippen LogP contribution in [0.4, 0.5) is 27.5 Å². The number of nitro groups is 1. The Morgan fingerprint density at radius 3 is 2.93 bits per heavy atom. The minimum absolute atomic E-state index is 0.294. The van der Waals surface area contributed by atoms with Gasteiger partial charge in [-0.2, -0.15) is 9.37 Å².